The fourth-order valence-corrected chi connectivity index (χ4v) is 4.63. The lowest BCUT2D eigenvalue weighted by molar-refractivity contribution is -0.211. The lowest BCUT2D eigenvalue weighted by Crippen LogP contribution is -2.55. The van der Waals surface area contributed by atoms with E-state index < -0.39 is 11.9 Å². The lowest BCUT2D eigenvalue weighted by Gasteiger charge is -2.48. The highest BCUT2D eigenvalue weighted by molar-refractivity contribution is 6.30. The van der Waals surface area contributed by atoms with Gasteiger partial charge in [-0.15, -0.1) is 6.58 Å². The van der Waals surface area contributed by atoms with E-state index in [2.05, 4.69) is 18.4 Å². The fourth-order valence-electron chi connectivity index (χ4n) is 4.45. The van der Waals surface area contributed by atoms with Crippen LogP contribution in [-0.4, -0.2) is 42.7 Å². The van der Waals surface area contributed by atoms with Gasteiger partial charge >= 0.3 is 0 Å². The molecule has 4 N–H and O–H groups in total. The van der Waals surface area contributed by atoms with Gasteiger partial charge in [-0.05, 0) is 31.0 Å². The van der Waals surface area contributed by atoms with Crippen LogP contribution in [0.25, 0.3) is 0 Å². The first kappa shape index (κ1) is 23.7. The Kier molecular flexibility index (Phi) is 8.14. The van der Waals surface area contributed by atoms with Gasteiger partial charge in [0.05, 0.1) is 6.04 Å². The molecule has 1 saturated heterocycles. The monoisotopic (exact) mass is 422 g/mol. The van der Waals surface area contributed by atoms with Crippen LogP contribution in [0.2, 0.25) is 5.02 Å². The van der Waals surface area contributed by atoms with Gasteiger partial charge in [-0.1, -0.05) is 37.6 Å². The molecule has 6 nitrogen and oxygen atoms in total. The second-order valence-electron chi connectivity index (χ2n) is 7.46. The third-order valence-corrected chi connectivity index (χ3v) is 5.73. The minimum Gasteiger partial charge on any atom is -0.400 e. The zero-order chi connectivity index (χ0) is 21.8. The number of fused-ring (bicyclic) bond motifs is 2. The van der Waals surface area contributed by atoms with Gasteiger partial charge in [-0.2, -0.15) is 0 Å². The molecule has 1 aromatic carbocycles. The van der Waals surface area contributed by atoms with Crippen LogP contribution in [0, 0.1) is 0 Å². The molecule has 7 heteroatoms. The Hall–Kier alpha value is -1.57. The molecule has 4 atom stereocenters. The number of piperidine rings is 1. The first-order valence-corrected chi connectivity index (χ1v) is 10.5. The van der Waals surface area contributed by atoms with Gasteiger partial charge in [0.25, 0.3) is 0 Å². The van der Waals surface area contributed by atoms with Gasteiger partial charge in [0.2, 0.25) is 0 Å². The third-order valence-electron chi connectivity index (χ3n) is 5.50. The van der Waals surface area contributed by atoms with E-state index in [4.69, 9.17) is 32.7 Å². The molecule has 0 aliphatic carbocycles. The van der Waals surface area contributed by atoms with E-state index in [1.807, 2.05) is 38.1 Å². The highest BCUT2D eigenvalue weighted by Crippen LogP contribution is 2.53. The van der Waals surface area contributed by atoms with Gasteiger partial charge < -0.3 is 20.2 Å². The van der Waals surface area contributed by atoms with Crippen LogP contribution in [0.3, 0.4) is 0 Å². The number of methoxy groups -OCH3 is 1. The summed E-state index contributed by atoms with van der Waals surface area (Å²) in [6, 6.07) is 6.04. The van der Waals surface area contributed by atoms with E-state index in [1.54, 1.807) is 20.4 Å². The number of ether oxygens (including phenoxy) is 2. The maximum atomic E-state index is 6.49. The topological polar surface area (TPSA) is 77.0 Å². The molecule has 0 aromatic heterocycles. The first-order chi connectivity index (χ1) is 13.8. The minimum absolute atomic E-state index is 0.0415. The van der Waals surface area contributed by atoms with E-state index in [-0.39, 0.29) is 12.1 Å². The smallest absolute Gasteiger partial charge is 0.184 e. The number of benzene rings is 1. The molecule has 0 bridgehead atoms. The standard InChI is InChI=1S/C20H29ClN4O2.C2H6/c1-5-8-25-13(2)10-20(11-18(25)17(22)12-24(3)23)16-9-14(21)6-7-15(16)19(26-4)27-20;1-2/h5-7,9,12-13,18-19H,1,8,10-11,22-23H2,2-4H3;1-2H3/b17-12-;/t13-,18-,19?,20?;/m0./s1. The maximum absolute atomic E-state index is 6.49. The van der Waals surface area contributed by atoms with Crippen LogP contribution in [0.15, 0.2) is 42.8 Å². The molecule has 1 spiro atoms. The summed E-state index contributed by atoms with van der Waals surface area (Å²) in [5.74, 6) is 5.81. The fraction of sp³-hybridized carbons (Fsp3) is 0.545. The van der Waals surface area contributed by atoms with Crippen molar-refractivity contribution in [2.75, 3.05) is 20.7 Å². The molecule has 29 heavy (non-hydrogen) atoms. The molecule has 162 valence electrons. The van der Waals surface area contributed by atoms with Crippen LogP contribution >= 0.6 is 11.6 Å². The number of rotatable bonds is 5. The number of likely N-dealkylation sites (tertiary alicyclic amines) is 1. The molecule has 2 aliphatic rings. The Morgan fingerprint density at radius 1 is 1.45 bits per heavy atom. The van der Waals surface area contributed by atoms with E-state index in [1.165, 1.54) is 5.01 Å². The molecule has 2 aliphatic heterocycles. The van der Waals surface area contributed by atoms with Crippen LogP contribution in [0.5, 0.6) is 0 Å². The summed E-state index contributed by atoms with van der Waals surface area (Å²) in [6.45, 7) is 10.8. The summed E-state index contributed by atoms with van der Waals surface area (Å²) < 4.78 is 12.1. The highest BCUT2D eigenvalue weighted by Gasteiger charge is 2.52. The quantitative estimate of drug-likeness (QED) is 0.426. The van der Waals surface area contributed by atoms with Crippen molar-refractivity contribution in [3.63, 3.8) is 0 Å². The summed E-state index contributed by atoms with van der Waals surface area (Å²) in [5.41, 5.74) is 8.76. The van der Waals surface area contributed by atoms with E-state index in [0.717, 1.165) is 24.1 Å². The number of hydrazine groups is 1. The zero-order valence-electron chi connectivity index (χ0n) is 18.2. The molecule has 1 aromatic rings. The summed E-state index contributed by atoms with van der Waals surface area (Å²) in [6.07, 6.45) is 4.76. The Morgan fingerprint density at radius 2 is 2.14 bits per heavy atom. The van der Waals surface area contributed by atoms with Crippen molar-refractivity contribution in [3.05, 3.63) is 58.9 Å². The van der Waals surface area contributed by atoms with E-state index >= 15 is 0 Å². The number of hydrogen-bond acceptors (Lipinski definition) is 6. The van der Waals surface area contributed by atoms with Gasteiger partial charge in [-0.3, -0.25) is 4.90 Å². The third kappa shape index (κ3) is 4.78. The zero-order valence-corrected chi connectivity index (χ0v) is 18.9. The summed E-state index contributed by atoms with van der Waals surface area (Å²) >= 11 is 6.32. The predicted molar refractivity (Wildman–Crippen MR) is 119 cm³/mol. The molecule has 3 rings (SSSR count). The normalized spacial score (nSPS) is 29.2. The number of nitrogens with two attached hydrogens (primary N) is 2. The largest absolute Gasteiger partial charge is 0.400 e. The average Bonchev–Trinajstić information content (AvgIpc) is 2.97. The van der Waals surface area contributed by atoms with Gasteiger partial charge in [0.15, 0.2) is 6.29 Å². The predicted octanol–water partition coefficient (Wildman–Crippen LogP) is 3.88. The van der Waals surface area contributed by atoms with E-state index in [9.17, 15) is 0 Å². The van der Waals surface area contributed by atoms with Crippen LogP contribution in [0.1, 0.15) is 51.0 Å². The Labute approximate surface area is 180 Å². The van der Waals surface area contributed by atoms with Gasteiger partial charge in [-0.25, -0.2) is 5.84 Å². The number of hydrogen-bond donors (Lipinski definition) is 2. The van der Waals surface area contributed by atoms with Crippen LogP contribution < -0.4 is 11.6 Å². The molecular weight excluding hydrogens is 388 g/mol. The number of nitrogens with zero attached hydrogens (tertiary/aromatic N) is 2. The minimum atomic E-state index is -0.506. The molecule has 0 saturated carbocycles. The Bertz CT molecular complexity index is 740. The maximum Gasteiger partial charge on any atom is 0.184 e. The Morgan fingerprint density at radius 3 is 2.72 bits per heavy atom. The van der Waals surface area contributed by atoms with Crippen molar-refractivity contribution in [1.29, 1.82) is 0 Å². The molecule has 2 heterocycles. The van der Waals surface area contributed by atoms with Crippen molar-refractivity contribution in [2.24, 2.45) is 11.6 Å². The van der Waals surface area contributed by atoms with E-state index in [0.29, 0.717) is 17.1 Å². The van der Waals surface area contributed by atoms with Crippen molar-refractivity contribution < 1.29 is 9.47 Å². The molecular formula is C22H35ClN4O2. The second-order valence-corrected chi connectivity index (χ2v) is 7.90. The van der Waals surface area contributed by atoms with Gasteiger partial charge in [0.1, 0.15) is 5.60 Å². The van der Waals surface area contributed by atoms with Crippen molar-refractivity contribution >= 4 is 11.6 Å². The summed E-state index contributed by atoms with van der Waals surface area (Å²) in [5, 5.41) is 2.17. The highest BCUT2D eigenvalue weighted by atomic mass is 35.5. The number of halogens is 1. The van der Waals surface area contributed by atoms with Crippen molar-refractivity contribution in [1.82, 2.24) is 9.91 Å². The van der Waals surface area contributed by atoms with Crippen LogP contribution in [0.4, 0.5) is 0 Å². The molecule has 2 unspecified atom stereocenters. The molecule has 0 amide bonds. The SMILES string of the molecule is C=CCN1[C@@H](C)CC2(C[C@H]1/C(N)=C/N(C)N)OC(OC)c1ccc(Cl)cc12.CC. The van der Waals surface area contributed by atoms with Crippen molar-refractivity contribution in [3.8, 4) is 0 Å². The summed E-state index contributed by atoms with van der Waals surface area (Å²) in [4.78, 5) is 2.33. The molecule has 0 radical (unpaired) electrons. The molecule has 1 fully saturated rings. The Balaban J connectivity index is 0.00000145. The van der Waals surface area contributed by atoms with Crippen molar-refractivity contribution in [2.45, 2.75) is 57.6 Å². The van der Waals surface area contributed by atoms with Gasteiger partial charge in [0, 0.05) is 55.6 Å². The lowest BCUT2D eigenvalue weighted by atomic mass is 9.76. The summed E-state index contributed by atoms with van der Waals surface area (Å²) in [7, 11) is 3.42. The second kappa shape index (κ2) is 9.96. The average molecular weight is 423 g/mol. The first-order valence-electron chi connectivity index (χ1n) is 10.1. The van der Waals surface area contributed by atoms with Crippen LogP contribution in [-0.2, 0) is 15.1 Å².